The van der Waals surface area contributed by atoms with Crippen molar-refractivity contribution in [1.82, 2.24) is 4.90 Å². The summed E-state index contributed by atoms with van der Waals surface area (Å²) in [5.74, 6) is -1.71. The van der Waals surface area contributed by atoms with E-state index in [0.717, 1.165) is 10.5 Å². The molecule has 0 radical (unpaired) electrons. The summed E-state index contributed by atoms with van der Waals surface area (Å²) in [6.45, 7) is 4.51. The van der Waals surface area contributed by atoms with Crippen molar-refractivity contribution < 1.29 is 27.4 Å². The predicted molar refractivity (Wildman–Crippen MR) is 82.4 cm³/mol. The minimum Gasteiger partial charge on any atom is -0.444 e. The van der Waals surface area contributed by atoms with Crippen LogP contribution in [0.5, 0.6) is 0 Å². The summed E-state index contributed by atoms with van der Waals surface area (Å²) in [6.07, 6.45) is -6.28. The molecule has 4 nitrogen and oxygen atoms in total. The number of alkyl halides is 3. The van der Waals surface area contributed by atoms with Crippen molar-refractivity contribution in [3.05, 3.63) is 35.9 Å². The third-order valence-electron chi connectivity index (χ3n) is 3.65. The highest BCUT2D eigenvalue weighted by Gasteiger charge is 2.52. The number of hydrogen-bond acceptors (Lipinski definition) is 3. The average molecular weight is 345 g/mol. The van der Waals surface area contributed by atoms with Crippen molar-refractivity contribution in [2.45, 2.75) is 45.3 Å². The van der Waals surface area contributed by atoms with Crippen LogP contribution in [-0.2, 0) is 16.1 Å². The zero-order valence-corrected chi connectivity index (χ0v) is 14.0. The average Bonchev–Trinajstić information content (AvgIpc) is 2.89. The lowest BCUT2D eigenvalue weighted by Gasteiger charge is -2.24. The van der Waals surface area contributed by atoms with Gasteiger partial charge in [0.05, 0.1) is 19.3 Å². The molecule has 134 valence electrons. The van der Waals surface area contributed by atoms with Crippen molar-refractivity contribution in [1.29, 1.82) is 0 Å². The summed E-state index contributed by atoms with van der Waals surface area (Å²) in [4.78, 5) is 13.1. The molecule has 0 aliphatic carbocycles. The Hall–Kier alpha value is -1.76. The molecule has 2 atom stereocenters. The lowest BCUT2D eigenvalue weighted by molar-refractivity contribution is -0.196. The van der Waals surface area contributed by atoms with Crippen molar-refractivity contribution in [2.75, 3.05) is 13.1 Å². The molecule has 1 aliphatic heterocycles. The second kappa shape index (κ2) is 7.01. The lowest BCUT2D eigenvalue weighted by Crippen LogP contribution is -2.36. The molecule has 1 heterocycles. The number of halogens is 3. The molecule has 7 heteroatoms. The van der Waals surface area contributed by atoms with E-state index in [2.05, 4.69) is 0 Å². The molecular weight excluding hydrogens is 323 g/mol. The van der Waals surface area contributed by atoms with Gasteiger partial charge in [0.15, 0.2) is 0 Å². The molecule has 1 aliphatic rings. The van der Waals surface area contributed by atoms with E-state index in [0.29, 0.717) is 0 Å². The van der Waals surface area contributed by atoms with E-state index in [9.17, 15) is 18.0 Å². The molecule has 24 heavy (non-hydrogen) atoms. The Morgan fingerprint density at radius 3 is 2.33 bits per heavy atom. The molecule has 1 amide bonds. The molecule has 0 aromatic heterocycles. The smallest absolute Gasteiger partial charge is 0.410 e. The number of likely N-dealkylation sites (tertiary alicyclic amines) is 1. The number of carbonyl (C=O) groups is 1. The minimum atomic E-state index is -4.43. The van der Waals surface area contributed by atoms with E-state index in [4.69, 9.17) is 9.47 Å². The SMILES string of the molecule is CC(C)(C)OC(=O)N1CC(OCc2ccccc2)[C@H](C(F)(F)F)C1. The van der Waals surface area contributed by atoms with Gasteiger partial charge in [0.25, 0.3) is 0 Å². The van der Waals surface area contributed by atoms with Gasteiger partial charge in [-0.2, -0.15) is 13.2 Å². The first-order chi connectivity index (χ1) is 11.1. The quantitative estimate of drug-likeness (QED) is 0.831. The van der Waals surface area contributed by atoms with Gasteiger partial charge in [-0.3, -0.25) is 0 Å². The molecule has 0 bridgehead atoms. The summed E-state index contributed by atoms with van der Waals surface area (Å²) in [7, 11) is 0. The normalized spacial score (nSPS) is 21.8. The second-order valence-electron chi connectivity index (χ2n) is 6.87. The van der Waals surface area contributed by atoms with Gasteiger partial charge in [0.2, 0.25) is 0 Å². The van der Waals surface area contributed by atoms with Crippen molar-refractivity contribution in [3.8, 4) is 0 Å². The predicted octanol–water partition coefficient (Wildman–Crippen LogP) is 4.00. The van der Waals surface area contributed by atoms with Crippen molar-refractivity contribution in [3.63, 3.8) is 0 Å². The monoisotopic (exact) mass is 345 g/mol. The molecular formula is C17H22F3NO3. The van der Waals surface area contributed by atoms with E-state index >= 15 is 0 Å². The molecule has 0 spiro atoms. The molecule has 1 aromatic rings. The van der Waals surface area contributed by atoms with Crippen molar-refractivity contribution >= 4 is 6.09 Å². The van der Waals surface area contributed by atoms with Crippen LogP contribution in [0.25, 0.3) is 0 Å². The van der Waals surface area contributed by atoms with E-state index in [1.807, 2.05) is 6.07 Å². The molecule has 0 saturated carbocycles. The Kier molecular flexibility index (Phi) is 5.42. The first-order valence-corrected chi connectivity index (χ1v) is 7.76. The summed E-state index contributed by atoms with van der Waals surface area (Å²) >= 11 is 0. The van der Waals surface area contributed by atoms with E-state index < -0.39 is 36.4 Å². The Bertz CT molecular complexity index is 554. The van der Waals surface area contributed by atoms with Crippen LogP contribution in [0.1, 0.15) is 26.3 Å². The summed E-state index contributed by atoms with van der Waals surface area (Å²) in [5, 5.41) is 0. The number of benzene rings is 1. The fourth-order valence-corrected chi connectivity index (χ4v) is 2.51. The Morgan fingerprint density at radius 2 is 1.79 bits per heavy atom. The van der Waals surface area contributed by atoms with Gasteiger partial charge in [0.1, 0.15) is 11.5 Å². The van der Waals surface area contributed by atoms with Gasteiger partial charge in [-0.05, 0) is 26.3 Å². The molecule has 0 N–H and O–H groups in total. The van der Waals surface area contributed by atoms with Crippen LogP contribution in [-0.4, -0.2) is 42.0 Å². The summed E-state index contributed by atoms with van der Waals surface area (Å²) in [5.41, 5.74) is 0.0301. The zero-order chi connectivity index (χ0) is 18.0. The molecule has 1 unspecified atom stereocenters. The second-order valence-corrected chi connectivity index (χ2v) is 6.87. The third kappa shape index (κ3) is 5.12. The van der Waals surface area contributed by atoms with Crippen LogP contribution >= 0.6 is 0 Å². The van der Waals surface area contributed by atoms with Gasteiger partial charge < -0.3 is 14.4 Å². The highest BCUT2D eigenvalue weighted by molar-refractivity contribution is 5.68. The van der Waals surface area contributed by atoms with Crippen LogP contribution in [0.2, 0.25) is 0 Å². The Morgan fingerprint density at radius 1 is 1.17 bits per heavy atom. The van der Waals surface area contributed by atoms with Crippen LogP contribution < -0.4 is 0 Å². The maximum Gasteiger partial charge on any atom is 0.410 e. The molecule has 1 aromatic carbocycles. The largest absolute Gasteiger partial charge is 0.444 e. The molecule has 1 fully saturated rings. The van der Waals surface area contributed by atoms with Gasteiger partial charge in [-0.15, -0.1) is 0 Å². The number of amides is 1. The number of hydrogen-bond donors (Lipinski definition) is 0. The Labute approximate surface area is 139 Å². The van der Waals surface area contributed by atoms with E-state index in [1.54, 1.807) is 45.0 Å². The van der Waals surface area contributed by atoms with Crippen LogP contribution in [0.3, 0.4) is 0 Å². The highest BCUT2D eigenvalue weighted by atomic mass is 19.4. The van der Waals surface area contributed by atoms with Crippen LogP contribution in [0.4, 0.5) is 18.0 Å². The summed E-state index contributed by atoms with van der Waals surface area (Å²) < 4.78 is 50.4. The maximum atomic E-state index is 13.3. The lowest BCUT2D eigenvalue weighted by atomic mass is 10.1. The first kappa shape index (κ1) is 18.6. The number of ether oxygens (including phenoxy) is 2. The van der Waals surface area contributed by atoms with Crippen LogP contribution in [0.15, 0.2) is 30.3 Å². The first-order valence-electron chi connectivity index (χ1n) is 7.76. The zero-order valence-electron chi connectivity index (χ0n) is 14.0. The number of rotatable bonds is 3. The Balaban J connectivity index is 2.03. The standard InChI is InChI=1S/C17H22F3NO3/c1-16(2,3)24-15(22)21-9-13(17(18,19)20)14(10-21)23-11-12-7-5-4-6-8-12/h4-8,13-14H,9-11H2,1-3H3/t13-,14?/m1/s1. The maximum absolute atomic E-state index is 13.3. The van der Waals surface area contributed by atoms with Crippen LogP contribution in [0, 0.1) is 5.92 Å². The molecule has 1 saturated heterocycles. The fourth-order valence-electron chi connectivity index (χ4n) is 2.51. The minimum absolute atomic E-state index is 0.0697. The highest BCUT2D eigenvalue weighted by Crippen LogP contribution is 2.36. The number of carbonyl (C=O) groups excluding carboxylic acids is 1. The number of nitrogens with zero attached hydrogens (tertiary/aromatic N) is 1. The topological polar surface area (TPSA) is 38.8 Å². The van der Waals surface area contributed by atoms with Gasteiger partial charge >= 0.3 is 12.3 Å². The van der Waals surface area contributed by atoms with E-state index in [-0.39, 0.29) is 13.2 Å². The third-order valence-corrected chi connectivity index (χ3v) is 3.65. The van der Waals surface area contributed by atoms with Gasteiger partial charge in [-0.25, -0.2) is 4.79 Å². The van der Waals surface area contributed by atoms with Crippen molar-refractivity contribution in [2.24, 2.45) is 5.92 Å². The fraction of sp³-hybridized carbons (Fsp3) is 0.588. The van der Waals surface area contributed by atoms with E-state index in [1.165, 1.54) is 0 Å². The van der Waals surface area contributed by atoms with Gasteiger partial charge in [-0.1, -0.05) is 30.3 Å². The van der Waals surface area contributed by atoms with Gasteiger partial charge in [0, 0.05) is 6.54 Å². The molecule has 2 rings (SSSR count). The summed E-state index contributed by atoms with van der Waals surface area (Å²) in [6, 6.07) is 8.97.